The summed E-state index contributed by atoms with van der Waals surface area (Å²) in [4.78, 5) is 16.8. The number of amides is 1. The molecule has 25 heavy (non-hydrogen) atoms. The quantitative estimate of drug-likeness (QED) is 0.844. The van der Waals surface area contributed by atoms with Gasteiger partial charge in [-0.2, -0.15) is 5.10 Å². The van der Waals surface area contributed by atoms with Crippen LogP contribution in [-0.4, -0.2) is 47.2 Å². The van der Waals surface area contributed by atoms with Gasteiger partial charge in [0, 0.05) is 31.7 Å². The molecule has 132 valence electrons. The highest BCUT2D eigenvalue weighted by Gasteiger charge is 2.23. The summed E-state index contributed by atoms with van der Waals surface area (Å²) in [5, 5.41) is 8.35. The summed E-state index contributed by atoms with van der Waals surface area (Å²) in [5.41, 5.74) is 3.02. The van der Waals surface area contributed by atoms with Crippen molar-refractivity contribution in [3.8, 4) is 0 Å². The largest absolute Gasteiger partial charge is 0.352 e. The molecular formula is C20H26N4O. The average Bonchev–Trinajstić information content (AvgIpc) is 2.61. The van der Waals surface area contributed by atoms with Gasteiger partial charge in [-0.15, -0.1) is 5.10 Å². The van der Waals surface area contributed by atoms with E-state index >= 15 is 0 Å². The van der Waals surface area contributed by atoms with E-state index in [9.17, 15) is 4.79 Å². The minimum atomic E-state index is 0.0995. The monoisotopic (exact) mass is 338 g/mol. The van der Waals surface area contributed by atoms with E-state index < -0.39 is 0 Å². The predicted octanol–water partition coefficient (Wildman–Crippen LogP) is 3.04. The molecule has 0 aliphatic carbocycles. The Morgan fingerprint density at radius 2 is 1.56 bits per heavy atom. The molecule has 0 N–H and O–H groups in total. The molecule has 1 aromatic heterocycles. The lowest BCUT2D eigenvalue weighted by Crippen LogP contribution is -2.49. The van der Waals surface area contributed by atoms with Crippen molar-refractivity contribution in [2.75, 3.05) is 31.1 Å². The molecule has 0 radical (unpaired) electrons. The first kappa shape index (κ1) is 17.4. The van der Waals surface area contributed by atoms with E-state index in [1.165, 1.54) is 5.56 Å². The normalized spacial score (nSPS) is 15.4. The molecule has 3 rings (SSSR count). The van der Waals surface area contributed by atoms with E-state index in [0.29, 0.717) is 13.1 Å². The molecule has 0 spiro atoms. The van der Waals surface area contributed by atoms with Crippen LogP contribution < -0.4 is 4.90 Å². The number of aromatic nitrogens is 2. The lowest BCUT2D eigenvalue weighted by atomic mass is 9.86. The van der Waals surface area contributed by atoms with Gasteiger partial charge in [0.2, 0.25) is 0 Å². The Balaban J connectivity index is 1.62. The smallest absolute Gasteiger partial charge is 0.253 e. The fraction of sp³-hybridized carbons (Fsp3) is 0.450. The van der Waals surface area contributed by atoms with Crippen molar-refractivity contribution in [1.82, 2.24) is 15.1 Å². The topological polar surface area (TPSA) is 49.3 Å². The zero-order valence-corrected chi connectivity index (χ0v) is 15.5. The summed E-state index contributed by atoms with van der Waals surface area (Å²) in [7, 11) is 0. The van der Waals surface area contributed by atoms with Crippen molar-refractivity contribution >= 4 is 11.7 Å². The highest BCUT2D eigenvalue weighted by Crippen LogP contribution is 2.23. The number of rotatable bonds is 2. The molecule has 1 amide bonds. The van der Waals surface area contributed by atoms with Crippen molar-refractivity contribution < 1.29 is 4.79 Å². The number of aryl methyl sites for hydroxylation is 1. The molecule has 2 aromatic rings. The Bertz CT molecular complexity index is 724. The van der Waals surface area contributed by atoms with Crippen LogP contribution in [0.5, 0.6) is 0 Å². The molecule has 1 aliphatic heterocycles. The second kappa shape index (κ2) is 6.82. The number of carbonyl (C=O) groups is 1. The Labute approximate surface area is 149 Å². The summed E-state index contributed by atoms with van der Waals surface area (Å²) >= 11 is 0. The molecule has 5 heteroatoms. The Morgan fingerprint density at radius 3 is 2.08 bits per heavy atom. The lowest BCUT2D eigenvalue weighted by molar-refractivity contribution is 0.0746. The molecule has 0 atom stereocenters. The number of carbonyl (C=O) groups excluding carboxylic acids is 1. The van der Waals surface area contributed by atoms with E-state index in [-0.39, 0.29) is 11.3 Å². The SMILES string of the molecule is Cc1ccc(N2CCN(C(=O)c3ccc(C(C)(C)C)cc3)CC2)nn1. The van der Waals surface area contributed by atoms with Gasteiger partial charge in [-0.05, 0) is 42.2 Å². The van der Waals surface area contributed by atoms with Gasteiger partial charge < -0.3 is 9.80 Å². The molecule has 1 saturated heterocycles. The van der Waals surface area contributed by atoms with Crippen LogP contribution in [0.25, 0.3) is 0 Å². The average molecular weight is 338 g/mol. The van der Waals surface area contributed by atoms with Crippen molar-refractivity contribution in [3.63, 3.8) is 0 Å². The zero-order valence-electron chi connectivity index (χ0n) is 15.5. The lowest BCUT2D eigenvalue weighted by Gasteiger charge is -2.35. The van der Waals surface area contributed by atoms with E-state index in [2.05, 4.69) is 48.0 Å². The van der Waals surface area contributed by atoms with Gasteiger partial charge in [0.25, 0.3) is 5.91 Å². The van der Waals surface area contributed by atoms with Gasteiger partial charge in [-0.3, -0.25) is 4.79 Å². The number of anilines is 1. The molecule has 0 bridgehead atoms. The van der Waals surface area contributed by atoms with E-state index in [0.717, 1.165) is 30.2 Å². The molecule has 1 aromatic carbocycles. The Morgan fingerprint density at radius 1 is 0.920 bits per heavy atom. The Kier molecular flexibility index (Phi) is 4.75. The first-order valence-electron chi connectivity index (χ1n) is 8.80. The first-order chi connectivity index (χ1) is 11.8. The van der Waals surface area contributed by atoms with Gasteiger partial charge in [0.05, 0.1) is 5.69 Å². The number of hydrogen-bond acceptors (Lipinski definition) is 4. The highest BCUT2D eigenvalue weighted by molar-refractivity contribution is 5.94. The van der Waals surface area contributed by atoms with Gasteiger partial charge in [-0.1, -0.05) is 32.9 Å². The van der Waals surface area contributed by atoms with Gasteiger partial charge in [0.1, 0.15) is 0 Å². The van der Waals surface area contributed by atoms with Crippen LogP contribution in [0, 0.1) is 6.92 Å². The van der Waals surface area contributed by atoms with E-state index in [4.69, 9.17) is 0 Å². The second-order valence-electron chi connectivity index (χ2n) is 7.64. The minimum Gasteiger partial charge on any atom is -0.352 e. The number of benzene rings is 1. The maximum atomic E-state index is 12.7. The van der Waals surface area contributed by atoms with Gasteiger partial charge >= 0.3 is 0 Å². The fourth-order valence-corrected chi connectivity index (χ4v) is 2.99. The fourth-order valence-electron chi connectivity index (χ4n) is 2.99. The molecular weight excluding hydrogens is 312 g/mol. The van der Waals surface area contributed by atoms with Crippen molar-refractivity contribution in [2.24, 2.45) is 0 Å². The van der Waals surface area contributed by atoms with Crippen molar-refractivity contribution in [2.45, 2.75) is 33.1 Å². The maximum Gasteiger partial charge on any atom is 0.253 e. The van der Waals surface area contributed by atoms with Crippen molar-refractivity contribution in [3.05, 3.63) is 53.2 Å². The predicted molar refractivity (Wildman–Crippen MR) is 100 cm³/mol. The third-order valence-electron chi connectivity index (χ3n) is 4.67. The summed E-state index contributed by atoms with van der Waals surface area (Å²) in [5.74, 6) is 0.988. The molecule has 0 saturated carbocycles. The summed E-state index contributed by atoms with van der Waals surface area (Å²) < 4.78 is 0. The van der Waals surface area contributed by atoms with Gasteiger partial charge in [0.15, 0.2) is 5.82 Å². The first-order valence-corrected chi connectivity index (χ1v) is 8.80. The second-order valence-corrected chi connectivity index (χ2v) is 7.64. The summed E-state index contributed by atoms with van der Waals surface area (Å²) in [6.07, 6.45) is 0. The molecule has 1 fully saturated rings. The number of nitrogens with zero attached hydrogens (tertiary/aromatic N) is 4. The van der Waals surface area contributed by atoms with Crippen LogP contribution in [0.1, 0.15) is 42.4 Å². The van der Waals surface area contributed by atoms with E-state index in [1.54, 1.807) is 0 Å². The highest BCUT2D eigenvalue weighted by atomic mass is 16.2. The zero-order chi connectivity index (χ0) is 18.0. The van der Waals surface area contributed by atoms with E-state index in [1.807, 2.05) is 36.1 Å². The summed E-state index contributed by atoms with van der Waals surface area (Å²) in [6.45, 7) is 11.4. The molecule has 1 aliphatic rings. The molecule has 2 heterocycles. The van der Waals surface area contributed by atoms with Crippen molar-refractivity contribution in [1.29, 1.82) is 0 Å². The standard InChI is InChI=1S/C20H26N4O/c1-15-5-10-18(22-21-15)23-11-13-24(14-12-23)19(25)16-6-8-17(9-7-16)20(2,3)4/h5-10H,11-14H2,1-4H3. The number of piperazine rings is 1. The van der Waals surface area contributed by atoms with Crippen LogP contribution in [0.15, 0.2) is 36.4 Å². The Hall–Kier alpha value is -2.43. The van der Waals surface area contributed by atoms with Gasteiger partial charge in [-0.25, -0.2) is 0 Å². The number of hydrogen-bond donors (Lipinski definition) is 0. The van der Waals surface area contributed by atoms with Crippen LogP contribution in [0.4, 0.5) is 5.82 Å². The van der Waals surface area contributed by atoms with Crippen LogP contribution in [-0.2, 0) is 5.41 Å². The minimum absolute atomic E-state index is 0.0995. The third-order valence-corrected chi connectivity index (χ3v) is 4.67. The van der Waals surface area contributed by atoms with Crippen LogP contribution in [0.2, 0.25) is 0 Å². The molecule has 5 nitrogen and oxygen atoms in total. The van der Waals surface area contributed by atoms with Crippen LogP contribution in [0.3, 0.4) is 0 Å². The third kappa shape index (κ3) is 3.98. The molecule has 0 unspecified atom stereocenters. The summed E-state index contributed by atoms with van der Waals surface area (Å²) in [6, 6.07) is 12.0. The maximum absolute atomic E-state index is 12.7. The van der Waals surface area contributed by atoms with Crippen LogP contribution >= 0.6 is 0 Å².